The Morgan fingerprint density at radius 3 is 2.50 bits per heavy atom. The Kier molecular flexibility index (Phi) is 5.52. The number of aryl methyl sites for hydroxylation is 2. The summed E-state index contributed by atoms with van der Waals surface area (Å²) in [5.41, 5.74) is 3.19. The van der Waals surface area contributed by atoms with Crippen LogP contribution >= 0.6 is 0 Å². The summed E-state index contributed by atoms with van der Waals surface area (Å²) in [6.07, 6.45) is 3.12. The number of hydrogen-bond donors (Lipinski definition) is 2. The summed E-state index contributed by atoms with van der Waals surface area (Å²) in [7, 11) is 0. The van der Waals surface area contributed by atoms with E-state index in [2.05, 4.69) is 10.5 Å². The van der Waals surface area contributed by atoms with Crippen LogP contribution in [0, 0.1) is 19.8 Å². The molecule has 0 fully saturated rings. The lowest BCUT2D eigenvalue weighted by molar-refractivity contribution is -0.131. The number of hydrogen-bond acceptors (Lipinski definition) is 4. The quantitative estimate of drug-likeness (QED) is 0.794. The predicted molar refractivity (Wildman–Crippen MR) is 90.6 cm³/mol. The number of carboxylic acid groups (broad SMARTS) is 1. The van der Waals surface area contributed by atoms with Crippen LogP contribution in [0.15, 0.2) is 34.9 Å². The molecule has 1 heterocycles. The molecule has 0 saturated carbocycles. The average molecular weight is 328 g/mol. The molecule has 6 heteroatoms. The molecule has 0 spiro atoms. The van der Waals surface area contributed by atoms with Crippen LogP contribution in [0.5, 0.6) is 0 Å². The first-order valence-corrected chi connectivity index (χ1v) is 7.60. The zero-order valence-corrected chi connectivity index (χ0v) is 13.9. The third kappa shape index (κ3) is 4.55. The second-order valence-electron chi connectivity index (χ2n) is 5.69. The minimum atomic E-state index is -1.000. The number of nitrogens with zero attached hydrogens (tertiary/aromatic N) is 1. The standard InChI is InChI=1S/C18H20N2O4/c1-11(10-16-12(2)20-24-13(16)3)18(23)19-15-7-4-14(5-8-15)6-9-17(21)22/h4-9,11H,10H2,1-3H3,(H,19,23)(H,21,22)/b9-6+. The smallest absolute Gasteiger partial charge is 0.328 e. The number of aromatic nitrogens is 1. The number of carbonyl (C=O) groups excluding carboxylic acids is 1. The third-order valence-corrected chi connectivity index (χ3v) is 3.74. The van der Waals surface area contributed by atoms with Gasteiger partial charge in [0.1, 0.15) is 5.76 Å². The van der Waals surface area contributed by atoms with Gasteiger partial charge in [-0.2, -0.15) is 0 Å². The molecule has 2 rings (SSSR count). The highest BCUT2D eigenvalue weighted by Crippen LogP contribution is 2.19. The molecule has 126 valence electrons. The maximum Gasteiger partial charge on any atom is 0.328 e. The van der Waals surface area contributed by atoms with E-state index in [9.17, 15) is 9.59 Å². The lowest BCUT2D eigenvalue weighted by atomic mass is 9.99. The van der Waals surface area contributed by atoms with Crippen LogP contribution in [-0.2, 0) is 16.0 Å². The van der Waals surface area contributed by atoms with Crippen LogP contribution in [0.25, 0.3) is 6.08 Å². The molecule has 1 aromatic carbocycles. The molecule has 0 saturated heterocycles. The second-order valence-corrected chi connectivity index (χ2v) is 5.69. The minimum Gasteiger partial charge on any atom is -0.478 e. The van der Waals surface area contributed by atoms with E-state index in [-0.39, 0.29) is 11.8 Å². The van der Waals surface area contributed by atoms with Gasteiger partial charge in [0.15, 0.2) is 0 Å². The van der Waals surface area contributed by atoms with Gasteiger partial charge in [0.25, 0.3) is 0 Å². The number of benzene rings is 1. The number of aliphatic carboxylic acids is 1. The zero-order chi connectivity index (χ0) is 17.7. The second kappa shape index (κ2) is 7.59. The van der Waals surface area contributed by atoms with Gasteiger partial charge in [-0.15, -0.1) is 0 Å². The Bertz CT molecular complexity index is 740. The summed E-state index contributed by atoms with van der Waals surface area (Å²) in [4.78, 5) is 22.8. The van der Waals surface area contributed by atoms with Crippen LogP contribution in [0.1, 0.15) is 29.5 Å². The molecule has 1 amide bonds. The van der Waals surface area contributed by atoms with Crippen molar-refractivity contribution in [2.75, 3.05) is 5.32 Å². The summed E-state index contributed by atoms with van der Waals surface area (Å²) >= 11 is 0. The Balaban J connectivity index is 1.97. The number of carboxylic acids is 1. The zero-order valence-electron chi connectivity index (χ0n) is 13.9. The van der Waals surface area contributed by atoms with E-state index >= 15 is 0 Å². The van der Waals surface area contributed by atoms with Crippen molar-refractivity contribution in [2.24, 2.45) is 5.92 Å². The summed E-state index contributed by atoms with van der Waals surface area (Å²) in [6.45, 7) is 5.55. The van der Waals surface area contributed by atoms with Gasteiger partial charge in [-0.1, -0.05) is 24.2 Å². The number of nitrogens with one attached hydrogen (secondary N) is 1. The number of anilines is 1. The van der Waals surface area contributed by atoms with Gasteiger partial charge in [0.05, 0.1) is 5.69 Å². The van der Waals surface area contributed by atoms with Gasteiger partial charge >= 0.3 is 5.97 Å². The molecule has 0 bridgehead atoms. The van der Waals surface area contributed by atoms with Gasteiger partial charge in [-0.05, 0) is 44.0 Å². The first-order chi connectivity index (χ1) is 11.4. The van der Waals surface area contributed by atoms with Gasteiger partial charge in [-0.25, -0.2) is 4.79 Å². The van der Waals surface area contributed by atoms with E-state index in [1.54, 1.807) is 24.3 Å². The van der Waals surface area contributed by atoms with Crippen molar-refractivity contribution < 1.29 is 19.2 Å². The van der Waals surface area contributed by atoms with E-state index in [1.165, 1.54) is 6.08 Å². The maximum absolute atomic E-state index is 12.3. The Morgan fingerprint density at radius 2 is 1.96 bits per heavy atom. The fraction of sp³-hybridized carbons (Fsp3) is 0.278. The van der Waals surface area contributed by atoms with Crippen molar-refractivity contribution in [1.29, 1.82) is 0 Å². The number of carbonyl (C=O) groups is 2. The minimum absolute atomic E-state index is 0.0937. The van der Waals surface area contributed by atoms with Crippen molar-refractivity contribution in [2.45, 2.75) is 27.2 Å². The third-order valence-electron chi connectivity index (χ3n) is 3.74. The highest BCUT2D eigenvalue weighted by Gasteiger charge is 2.18. The summed E-state index contributed by atoms with van der Waals surface area (Å²) < 4.78 is 5.12. The van der Waals surface area contributed by atoms with Crippen molar-refractivity contribution in [3.8, 4) is 0 Å². The van der Waals surface area contributed by atoms with E-state index in [0.717, 1.165) is 28.7 Å². The van der Waals surface area contributed by atoms with Crippen LogP contribution in [-0.4, -0.2) is 22.1 Å². The molecule has 1 aromatic heterocycles. The van der Waals surface area contributed by atoms with Crippen molar-refractivity contribution in [3.05, 3.63) is 52.9 Å². The van der Waals surface area contributed by atoms with Crippen LogP contribution in [0.4, 0.5) is 5.69 Å². The molecule has 1 unspecified atom stereocenters. The molecule has 6 nitrogen and oxygen atoms in total. The van der Waals surface area contributed by atoms with E-state index in [0.29, 0.717) is 12.1 Å². The van der Waals surface area contributed by atoms with Gasteiger partial charge in [0.2, 0.25) is 5.91 Å². The molecule has 0 aliphatic heterocycles. The summed E-state index contributed by atoms with van der Waals surface area (Å²) in [5.74, 6) is -0.584. The highest BCUT2D eigenvalue weighted by atomic mass is 16.5. The summed E-state index contributed by atoms with van der Waals surface area (Å²) in [6, 6.07) is 6.96. The largest absolute Gasteiger partial charge is 0.478 e. The number of amides is 1. The van der Waals surface area contributed by atoms with Crippen LogP contribution < -0.4 is 5.32 Å². The van der Waals surface area contributed by atoms with Crippen molar-refractivity contribution in [1.82, 2.24) is 5.16 Å². The highest BCUT2D eigenvalue weighted by molar-refractivity contribution is 5.92. The van der Waals surface area contributed by atoms with E-state index < -0.39 is 5.97 Å². The molecule has 24 heavy (non-hydrogen) atoms. The molecular formula is C18H20N2O4. The fourth-order valence-corrected chi connectivity index (χ4v) is 2.30. The molecule has 0 radical (unpaired) electrons. The lowest BCUT2D eigenvalue weighted by Gasteiger charge is -2.12. The van der Waals surface area contributed by atoms with Gasteiger partial charge in [0, 0.05) is 23.2 Å². The predicted octanol–water partition coefficient (Wildman–Crippen LogP) is 3.21. The molecule has 0 aliphatic carbocycles. The first kappa shape index (κ1) is 17.5. The SMILES string of the molecule is Cc1noc(C)c1CC(C)C(=O)Nc1ccc(/C=C/C(=O)O)cc1. The average Bonchev–Trinajstić information content (AvgIpc) is 2.86. The molecule has 1 atom stereocenters. The molecule has 2 N–H and O–H groups in total. The van der Waals surface area contributed by atoms with Crippen molar-refractivity contribution >= 4 is 23.6 Å². The van der Waals surface area contributed by atoms with Gasteiger partial charge in [-0.3, -0.25) is 4.79 Å². The lowest BCUT2D eigenvalue weighted by Crippen LogP contribution is -2.22. The topological polar surface area (TPSA) is 92.4 Å². The Hall–Kier alpha value is -2.89. The van der Waals surface area contributed by atoms with Gasteiger partial charge < -0.3 is 14.9 Å². The maximum atomic E-state index is 12.3. The van der Waals surface area contributed by atoms with E-state index in [4.69, 9.17) is 9.63 Å². The summed E-state index contributed by atoms with van der Waals surface area (Å²) in [5, 5.41) is 15.4. The Labute approximate surface area is 140 Å². The number of rotatable bonds is 6. The molecule has 2 aromatic rings. The molecular weight excluding hydrogens is 308 g/mol. The van der Waals surface area contributed by atoms with Crippen molar-refractivity contribution in [3.63, 3.8) is 0 Å². The van der Waals surface area contributed by atoms with Crippen LogP contribution in [0.2, 0.25) is 0 Å². The van der Waals surface area contributed by atoms with E-state index in [1.807, 2.05) is 20.8 Å². The monoisotopic (exact) mass is 328 g/mol. The fourth-order valence-electron chi connectivity index (χ4n) is 2.30. The Morgan fingerprint density at radius 1 is 1.29 bits per heavy atom. The molecule has 0 aliphatic rings. The first-order valence-electron chi connectivity index (χ1n) is 7.60. The normalized spacial score (nSPS) is 12.3. The van der Waals surface area contributed by atoms with Crippen LogP contribution in [0.3, 0.4) is 0 Å².